The molecule has 2 atom stereocenters. The Balaban J connectivity index is 1.87. The normalized spacial score (nSPS) is 13.9. The van der Waals surface area contributed by atoms with Gasteiger partial charge in [0.05, 0.1) is 23.3 Å². The van der Waals surface area contributed by atoms with Crippen molar-refractivity contribution < 1.29 is 22.8 Å². The molecule has 0 saturated carbocycles. The van der Waals surface area contributed by atoms with Crippen LogP contribution in [0.1, 0.15) is 67.2 Å². The molecule has 0 amide bonds. The molecule has 2 aromatic rings. The van der Waals surface area contributed by atoms with Gasteiger partial charge in [-0.25, -0.2) is 8.42 Å². The third-order valence-electron chi connectivity index (χ3n) is 5.27. The van der Waals surface area contributed by atoms with E-state index in [0.29, 0.717) is 18.4 Å². The molecule has 0 radical (unpaired) electrons. The van der Waals surface area contributed by atoms with Gasteiger partial charge in [0.1, 0.15) is 0 Å². The average molecular weight is 420 g/mol. The number of aliphatic hydroxyl groups is 1. The summed E-state index contributed by atoms with van der Waals surface area (Å²) in [5.41, 5.74) is 4.54. The summed E-state index contributed by atoms with van der Waals surface area (Å²) in [6.07, 6.45) is 2.33. The van der Waals surface area contributed by atoms with Gasteiger partial charge in [-0.3, -0.25) is 0 Å². The molecule has 0 bridgehead atoms. The zero-order chi connectivity index (χ0) is 21.3. The number of hydrogen-bond acceptors (Lipinski definition) is 5. The quantitative estimate of drug-likeness (QED) is 0.409. The Morgan fingerprint density at radius 3 is 2.14 bits per heavy atom. The minimum atomic E-state index is -4.16. The summed E-state index contributed by atoms with van der Waals surface area (Å²) in [6, 6.07) is 16.5. The lowest BCUT2D eigenvalue weighted by atomic mass is 9.84. The van der Waals surface area contributed by atoms with Gasteiger partial charge in [0.15, 0.2) is 0 Å². The maximum absolute atomic E-state index is 10.6. The summed E-state index contributed by atoms with van der Waals surface area (Å²) in [4.78, 5) is 0. The van der Waals surface area contributed by atoms with E-state index in [1.165, 1.54) is 11.1 Å². The van der Waals surface area contributed by atoms with Gasteiger partial charge in [-0.05, 0) is 53.4 Å². The van der Waals surface area contributed by atoms with E-state index in [2.05, 4.69) is 38.1 Å². The van der Waals surface area contributed by atoms with E-state index in [-0.39, 0.29) is 25.4 Å². The largest absolute Gasteiger partial charge is 0.748 e. The van der Waals surface area contributed by atoms with Crippen LogP contribution in [-0.4, -0.2) is 30.4 Å². The summed E-state index contributed by atoms with van der Waals surface area (Å²) in [6.45, 7) is 5.17. The van der Waals surface area contributed by atoms with Crippen molar-refractivity contribution in [3.05, 3.63) is 70.8 Å². The van der Waals surface area contributed by atoms with Gasteiger partial charge in [0.2, 0.25) is 0 Å². The second-order valence-corrected chi connectivity index (χ2v) is 9.07. The Bertz CT molecular complexity index is 829. The Hall–Kier alpha value is -1.73. The fraction of sp³-hybridized carbons (Fsp3) is 0.478. The van der Waals surface area contributed by atoms with Crippen molar-refractivity contribution in [1.29, 1.82) is 0 Å². The van der Waals surface area contributed by atoms with Crippen LogP contribution in [0.2, 0.25) is 0 Å². The van der Waals surface area contributed by atoms with Crippen LogP contribution in [0.15, 0.2) is 48.5 Å². The Morgan fingerprint density at radius 2 is 1.59 bits per heavy atom. The number of rotatable bonds is 12. The van der Waals surface area contributed by atoms with Crippen LogP contribution in [0.3, 0.4) is 0 Å². The fourth-order valence-electron chi connectivity index (χ4n) is 3.47. The highest BCUT2D eigenvalue weighted by atomic mass is 32.2. The first-order valence-corrected chi connectivity index (χ1v) is 11.7. The van der Waals surface area contributed by atoms with Crippen molar-refractivity contribution in [2.45, 2.75) is 58.2 Å². The average Bonchev–Trinajstić information content (AvgIpc) is 2.71. The zero-order valence-corrected chi connectivity index (χ0v) is 18.0. The van der Waals surface area contributed by atoms with E-state index in [9.17, 15) is 18.1 Å². The van der Waals surface area contributed by atoms with Gasteiger partial charge < -0.3 is 14.4 Å². The molecule has 2 rings (SSSR count). The van der Waals surface area contributed by atoms with E-state index in [1.807, 2.05) is 24.3 Å². The van der Waals surface area contributed by atoms with Gasteiger partial charge in [-0.1, -0.05) is 62.4 Å². The minimum Gasteiger partial charge on any atom is -0.748 e. The van der Waals surface area contributed by atoms with Crippen LogP contribution in [-0.2, 0) is 28.1 Å². The van der Waals surface area contributed by atoms with Gasteiger partial charge in [0, 0.05) is 12.4 Å². The van der Waals surface area contributed by atoms with E-state index in [0.717, 1.165) is 24.0 Å². The van der Waals surface area contributed by atoms with Gasteiger partial charge in [0.25, 0.3) is 0 Å². The molecule has 29 heavy (non-hydrogen) atoms. The van der Waals surface area contributed by atoms with E-state index in [4.69, 9.17) is 4.74 Å². The predicted octanol–water partition coefficient (Wildman–Crippen LogP) is 4.32. The first kappa shape index (κ1) is 23.5. The highest BCUT2D eigenvalue weighted by Gasteiger charge is 2.15. The molecule has 2 aromatic carbocycles. The second-order valence-electron chi connectivity index (χ2n) is 7.55. The Kier molecular flexibility index (Phi) is 9.30. The molecule has 0 heterocycles. The minimum absolute atomic E-state index is 0.0695. The SMILES string of the molecule is CCC(CC(C)c1ccc(CO)cc1)c1ccc(COCCCS(=O)(=O)[O-])cc1. The molecule has 0 aromatic heterocycles. The lowest BCUT2D eigenvalue weighted by Crippen LogP contribution is -2.07. The highest BCUT2D eigenvalue weighted by Crippen LogP contribution is 2.32. The topological polar surface area (TPSA) is 86.7 Å². The maximum atomic E-state index is 10.6. The number of hydrogen-bond donors (Lipinski definition) is 1. The number of benzene rings is 2. The molecule has 160 valence electrons. The molecule has 0 aliphatic heterocycles. The van der Waals surface area contributed by atoms with Crippen molar-refractivity contribution in [3.8, 4) is 0 Å². The second kappa shape index (κ2) is 11.5. The molecular formula is C23H31O5S-. The third-order valence-corrected chi connectivity index (χ3v) is 6.05. The van der Waals surface area contributed by atoms with Gasteiger partial charge >= 0.3 is 0 Å². The lowest BCUT2D eigenvalue weighted by Gasteiger charge is -2.21. The van der Waals surface area contributed by atoms with Gasteiger partial charge in [-0.15, -0.1) is 0 Å². The molecule has 0 saturated heterocycles. The number of ether oxygens (including phenoxy) is 1. The van der Waals surface area contributed by atoms with E-state index >= 15 is 0 Å². The zero-order valence-electron chi connectivity index (χ0n) is 17.2. The summed E-state index contributed by atoms with van der Waals surface area (Å²) in [7, 11) is -4.16. The molecule has 6 heteroatoms. The van der Waals surface area contributed by atoms with Crippen molar-refractivity contribution in [1.82, 2.24) is 0 Å². The first-order chi connectivity index (χ1) is 13.8. The monoisotopic (exact) mass is 419 g/mol. The summed E-state index contributed by atoms with van der Waals surface area (Å²) < 4.78 is 37.2. The summed E-state index contributed by atoms with van der Waals surface area (Å²) in [5.74, 6) is 0.498. The van der Waals surface area contributed by atoms with E-state index in [1.54, 1.807) is 0 Å². The van der Waals surface area contributed by atoms with Crippen molar-refractivity contribution in [3.63, 3.8) is 0 Å². The van der Waals surface area contributed by atoms with Crippen LogP contribution < -0.4 is 0 Å². The molecule has 1 N–H and O–H groups in total. The van der Waals surface area contributed by atoms with Crippen molar-refractivity contribution in [2.24, 2.45) is 0 Å². The van der Waals surface area contributed by atoms with Crippen LogP contribution in [0.25, 0.3) is 0 Å². The Morgan fingerprint density at radius 1 is 1.00 bits per heavy atom. The molecule has 0 aliphatic carbocycles. The smallest absolute Gasteiger partial charge is 0.0946 e. The maximum Gasteiger partial charge on any atom is 0.0946 e. The molecule has 2 unspecified atom stereocenters. The van der Waals surface area contributed by atoms with E-state index < -0.39 is 10.1 Å². The van der Waals surface area contributed by atoms with Crippen LogP contribution in [0, 0.1) is 0 Å². The lowest BCUT2D eigenvalue weighted by molar-refractivity contribution is 0.121. The standard InChI is InChI=1S/C23H32O5S/c1-3-21(15-18(2)22-9-5-19(16-24)6-10-22)23-11-7-20(8-12-23)17-28-13-4-14-29(25,26)27/h5-12,18,21,24H,3-4,13-17H2,1-2H3,(H,25,26,27)/p-1. The molecule has 5 nitrogen and oxygen atoms in total. The molecular weight excluding hydrogens is 388 g/mol. The van der Waals surface area contributed by atoms with Crippen LogP contribution in [0.4, 0.5) is 0 Å². The third kappa shape index (κ3) is 8.26. The van der Waals surface area contributed by atoms with Gasteiger partial charge in [-0.2, -0.15) is 0 Å². The van der Waals surface area contributed by atoms with Crippen LogP contribution in [0.5, 0.6) is 0 Å². The van der Waals surface area contributed by atoms with Crippen LogP contribution >= 0.6 is 0 Å². The molecule has 0 aliphatic rings. The predicted molar refractivity (Wildman–Crippen MR) is 114 cm³/mol. The molecule has 0 spiro atoms. The van der Waals surface area contributed by atoms with Crippen molar-refractivity contribution >= 4 is 10.1 Å². The highest BCUT2D eigenvalue weighted by molar-refractivity contribution is 7.85. The first-order valence-electron chi connectivity index (χ1n) is 10.1. The Labute approximate surface area is 174 Å². The summed E-state index contributed by atoms with van der Waals surface area (Å²) >= 11 is 0. The summed E-state index contributed by atoms with van der Waals surface area (Å²) in [5, 5.41) is 9.19. The molecule has 0 fully saturated rings. The number of aliphatic hydroxyl groups excluding tert-OH is 1. The van der Waals surface area contributed by atoms with Crippen molar-refractivity contribution in [2.75, 3.05) is 12.4 Å². The fourth-order valence-corrected chi connectivity index (χ4v) is 3.94.